The highest BCUT2D eigenvalue weighted by molar-refractivity contribution is 7.92. The number of aryl methyl sites for hydroxylation is 1. The molecule has 0 aliphatic heterocycles. The number of nitrogens with two attached hydrogens (primary N) is 1. The fourth-order valence-corrected chi connectivity index (χ4v) is 2.80. The molecule has 0 bridgehead atoms. The summed E-state index contributed by atoms with van der Waals surface area (Å²) in [6.07, 6.45) is 2.14. The lowest BCUT2D eigenvalue weighted by atomic mass is 10.1. The van der Waals surface area contributed by atoms with Crippen LogP contribution in [0, 0.1) is 0 Å². The zero-order chi connectivity index (χ0) is 12.7. The first-order valence-electron chi connectivity index (χ1n) is 5.87. The molecular weight excluding hydrogens is 236 g/mol. The van der Waals surface area contributed by atoms with Gasteiger partial charge in [0.05, 0.1) is 11.4 Å². The largest absolute Gasteiger partial charge is 0.330 e. The minimum Gasteiger partial charge on any atom is -0.330 e. The molecule has 0 aliphatic carbocycles. The Morgan fingerprint density at radius 1 is 1.24 bits per heavy atom. The second-order valence-corrected chi connectivity index (χ2v) is 5.77. The van der Waals surface area contributed by atoms with Gasteiger partial charge < -0.3 is 5.73 Å². The molecule has 0 fully saturated rings. The maximum atomic E-state index is 11.8. The van der Waals surface area contributed by atoms with Crippen molar-refractivity contribution in [2.24, 2.45) is 5.73 Å². The second-order valence-electron chi connectivity index (χ2n) is 3.93. The summed E-state index contributed by atoms with van der Waals surface area (Å²) in [6.45, 7) is 2.53. The molecule has 1 aromatic rings. The van der Waals surface area contributed by atoms with Gasteiger partial charge in [-0.05, 0) is 37.4 Å². The van der Waals surface area contributed by atoms with Crippen LogP contribution < -0.4 is 10.5 Å². The first-order valence-corrected chi connectivity index (χ1v) is 7.52. The predicted molar refractivity (Wildman–Crippen MR) is 71.5 cm³/mol. The number of hydrogen-bond donors (Lipinski definition) is 2. The SMILES string of the molecule is CCc1ccccc1NS(=O)(=O)CCCCN. The van der Waals surface area contributed by atoms with Crippen molar-refractivity contribution >= 4 is 15.7 Å². The lowest BCUT2D eigenvalue weighted by molar-refractivity contribution is 0.597. The van der Waals surface area contributed by atoms with Gasteiger partial charge in [0.2, 0.25) is 10.0 Å². The third-order valence-electron chi connectivity index (χ3n) is 2.53. The van der Waals surface area contributed by atoms with Gasteiger partial charge >= 0.3 is 0 Å². The summed E-state index contributed by atoms with van der Waals surface area (Å²) in [4.78, 5) is 0. The number of sulfonamides is 1. The van der Waals surface area contributed by atoms with Crippen LogP contribution in [0.4, 0.5) is 5.69 Å². The van der Waals surface area contributed by atoms with E-state index < -0.39 is 10.0 Å². The van der Waals surface area contributed by atoms with Crippen molar-refractivity contribution < 1.29 is 8.42 Å². The molecule has 1 aromatic carbocycles. The minimum absolute atomic E-state index is 0.127. The van der Waals surface area contributed by atoms with Crippen molar-refractivity contribution in [2.75, 3.05) is 17.0 Å². The molecule has 0 spiro atoms. The highest BCUT2D eigenvalue weighted by Gasteiger charge is 2.11. The number of anilines is 1. The third kappa shape index (κ3) is 4.75. The Bertz CT molecular complexity index is 444. The number of rotatable bonds is 7. The molecule has 5 heteroatoms. The maximum absolute atomic E-state index is 11.8. The number of benzene rings is 1. The molecule has 0 heterocycles. The van der Waals surface area contributed by atoms with E-state index in [1.807, 2.05) is 25.1 Å². The summed E-state index contributed by atoms with van der Waals surface area (Å²) in [5.41, 5.74) is 7.03. The van der Waals surface area contributed by atoms with E-state index >= 15 is 0 Å². The summed E-state index contributed by atoms with van der Waals surface area (Å²) >= 11 is 0. The zero-order valence-electron chi connectivity index (χ0n) is 10.1. The topological polar surface area (TPSA) is 72.2 Å². The molecule has 0 aliphatic rings. The number of hydrogen-bond acceptors (Lipinski definition) is 3. The minimum atomic E-state index is -3.25. The molecule has 0 unspecified atom stereocenters. The summed E-state index contributed by atoms with van der Waals surface area (Å²) < 4.78 is 26.2. The Hall–Kier alpha value is -1.07. The number of nitrogens with one attached hydrogen (secondary N) is 1. The van der Waals surface area contributed by atoms with Gasteiger partial charge in [-0.25, -0.2) is 8.42 Å². The second kappa shape index (κ2) is 6.61. The molecule has 0 saturated heterocycles. The monoisotopic (exact) mass is 256 g/mol. The molecule has 4 nitrogen and oxygen atoms in total. The first-order chi connectivity index (χ1) is 8.09. The van der Waals surface area contributed by atoms with Crippen LogP contribution in [-0.2, 0) is 16.4 Å². The van der Waals surface area contributed by atoms with E-state index in [0.29, 0.717) is 18.7 Å². The fourth-order valence-electron chi connectivity index (χ4n) is 1.58. The van der Waals surface area contributed by atoms with Crippen molar-refractivity contribution in [2.45, 2.75) is 26.2 Å². The van der Waals surface area contributed by atoms with Crippen molar-refractivity contribution in [3.05, 3.63) is 29.8 Å². The molecule has 1 rings (SSSR count). The quantitative estimate of drug-likeness (QED) is 0.730. The van der Waals surface area contributed by atoms with Gasteiger partial charge in [0, 0.05) is 0 Å². The average Bonchev–Trinajstić information content (AvgIpc) is 2.29. The van der Waals surface area contributed by atoms with Crippen molar-refractivity contribution in [1.29, 1.82) is 0 Å². The van der Waals surface area contributed by atoms with E-state index in [1.165, 1.54) is 0 Å². The van der Waals surface area contributed by atoms with Gasteiger partial charge in [-0.15, -0.1) is 0 Å². The summed E-state index contributed by atoms with van der Waals surface area (Å²) in [5.74, 6) is 0.127. The normalized spacial score (nSPS) is 11.4. The molecular formula is C12H20N2O2S. The highest BCUT2D eigenvalue weighted by Crippen LogP contribution is 2.17. The number of para-hydroxylation sites is 1. The molecule has 3 N–H and O–H groups in total. The maximum Gasteiger partial charge on any atom is 0.232 e. The van der Waals surface area contributed by atoms with E-state index in [9.17, 15) is 8.42 Å². The van der Waals surface area contributed by atoms with Gasteiger partial charge in [-0.2, -0.15) is 0 Å². The zero-order valence-corrected chi connectivity index (χ0v) is 11.0. The highest BCUT2D eigenvalue weighted by atomic mass is 32.2. The van der Waals surface area contributed by atoms with Gasteiger partial charge in [0.15, 0.2) is 0 Å². The Labute approximate surface area is 103 Å². The number of unbranched alkanes of at least 4 members (excludes halogenated alkanes) is 1. The molecule has 0 radical (unpaired) electrons. The van der Waals surface area contributed by atoms with Crippen LogP contribution in [0.2, 0.25) is 0 Å². The van der Waals surface area contributed by atoms with Gasteiger partial charge in [0.25, 0.3) is 0 Å². The van der Waals surface area contributed by atoms with Crippen molar-refractivity contribution in [3.8, 4) is 0 Å². The van der Waals surface area contributed by atoms with E-state index in [1.54, 1.807) is 6.07 Å². The third-order valence-corrected chi connectivity index (χ3v) is 3.89. The Morgan fingerprint density at radius 3 is 2.59 bits per heavy atom. The standard InChI is InChI=1S/C12H20N2O2S/c1-2-11-7-3-4-8-12(11)14-17(15,16)10-6-5-9-13/h3-4,7-8,14H,2,5-6,9-10,13H2,1H3. The van der Waals surface area contributed by atoms with Crippen LogP contribution in [0.1, 0.15) is 25.3 Å². The van der Waals surface area contributed by atoms with Crippen LogP contribution in [0.3, 0.4) is 0 Å². The van der Waals surface area contributed by atoms with Crippen LogP contribution >= 0.6 is 0 Å². The Morgan fingerprint density at radius 2 is 1.94 bits per heavy atom. The first kappa shape index (κ1) is 14.0. The van der Waals surface area contributed by atoms with E-state index in [0.717, 1.165) is 18.4 Å². The Kier molecular flexibility index (Phi) is 5.44. The summed E-state index contributed by atoms with van der Waals surface area (Å²) in [5, 5.41) is 0. The van der Waals surface area contributed by atoms with Gasteiger partial charge in [0.1, 0.15) is 0 Å². The van der Waals surface area contributed by atoms with Crippen LogP contribution in [0.5, 0.6) is 0 Å². The van der Waals surface area contributed by atoms with Crippen LogP contribution in [0.15, 0.2) is 24.3 Å². The van der Waals surface area contributed by atoms with Crippen molar-refractivity contribution in [1.82, 2.24) is 0 Å². The Balaban J connectivity index is 2.69. The van der Waals surface area contributed by atoms with E-state index in [-0.39, 0.29) is 5.75 Å². The van der Waals surface area contributed by atoms with E-state index in [4.69, 9.17) is 5.73 Å². The van der Waals surface area contributed by atoms with E-state index in [2.05, 4.69) is 4.72 Å². The van der Waals surface area contributed by atoms with Gasteiger partial charge in [-0.3, -0.25) is 4.72 Å². The van der Waals surface area contributed by atoms with Gasteiger partial charge in [-0.1, -0.05) is 25.1 Å². The summed E-state index contributed by atoms with van der Waals surface area (Å²) in [6, 6.07) is 7.46. The fraction of sp³-hybridized carbons (Fsp3) is 0.500. The molecule has 0 atom stereocenters. The molecule has 0 aromatic heterocycles. The molecule has 17 heavy (non-hydrogen) atoms. The van der Waals surface area contributed by atoms with Crippen molar-refractivity contribution in [3.63, 3.8) is 0 Å². The predicted octanol–water partition coefficient (Wildman–Crippen LogP) is 1.73. The van der Waals surface area contributed by atoms with Crippen LogP contribution in [0.25, 0.3) is 0 Å². The smallest absolute Gasteiger partial charge is 0.232 e. The lowest BCUT2D eigenvalue weighted by Gasteiger charge is -2.11. The lowest BCUT2D eigenvalue weighted by Crippen LogP contribution is -2.18. The molecule has 96 valence electrons. The van der Waals surface area contributed by atoms with Crippen LogP contribution in [-0.4, -0.2) is 20.7 Å². The average molecular weight is 256 g/mol. The molecule has 0 saturated carbocycles. The summed E-state index contributed by atoms with van der Waals surface area (Å²) in [7, 11) is -3.25. The molecule has 0 amide bonds.